The molecule has 1 fully saturated rings. The summed E-state index contributed by atoms with van der Waals surface area (Å²) < 4.78 is 6.89. The van der Waals surface area contributed by atoms with Gasteiger partial charge in [-0.05, 0) is 45.4 Å². The van der Waals surface area contributed by atoms with E-state index in [-0.39, 0.29) is 24.1 Å². The number of aromatic nitrogens is 2. The van der Waals surface area contributed by atoms with E-state index in [1.54, 1.807) is 6.92 Å². The first-order valence-electron chi connectivity index (χ1n) is 9.91. The van der Waals surface area contributed by atoms with Crippen molar-refractivity contribution in [1.82, 2.24) is 14.5 Å². The molecule has 1 aliphatic heterocycles. The summed E-state index contributed by atoms with van der Waals surface area (Å²) in [6, 6.07) is 8.62. The molecule has 1 aliphatic rings. The molecule has 4 rings (SSSR count). The van der Waals surface area contributed by atoms with Crippen LogP contribution in [0, 0.1) is 20.8 Å². The fourth-order valence-electron chi connectivity index (χ4n) is 4.00. The van der Waals surface area contributed by atoms with Crippen molar-refractivity contribution in [3.63, 3.8) is 0 Å². The van der Waals surface area contributed by atoms with Crippen molar-refractivity contribution in [3.8, 4) is 0 Å². The second-order valence-electron chi connectivity index (χ2n) is 7.86. The topological polar surface area (TPSA) is 71.6 Å². The Morgan fingerprint density at radius 3 is 2.76 bits per heavy atom. The summed E-state index contributed by atoms with van der Waals surface area (Å²) in [5.41, 5.74) is 3.28. The fourth-order valence-corrected chi connectivity index (χ4v) is 4.00. The van der Waals surface area contributed by atoms with Crippen LogP contribution in [0.4, 0.5) is 5.69 Å². The summed E-state index contributed by atoms with van der Waals surface area (Å²) in [5, 5.41) is 0.454. The summed E-state index contributed by atoms with van der Waals surface area (Å²) in [7, 11) is 0. The molecule has 0 saturated carbocycles. The van der Waals surface area contributed by atoms with Gasteiger partial charge in [0.1, 0.15) is 24.0 Å². The third-order valence-electron chi connectivity index (χ3n) is 5.77. The summed E-state index contributed by atoms with van der Waals surface area (Å²) in [6.45, 7) is 9.86. The molecule has 1 atom stereocenters. The van der Waals surface area contributed by atoms with Gasteiger partial charge in [-0.15, -0.1) is 0 Å². The Morgan fingerprint density at radius 1 is 1.24 bits per heavy atom. The van der Waals surface area contributed by atoms with Crippen LogP contribution in [0.25, 0.3) is 11.1 Å². The molecule has 3 heterocycles. The number of hydrogen-bond donors (Lipinski definition) is 0. The second kappa shape index (κ2) is 7.39. The molecule has 0 radical (unpaired) electrons. The highest BCUT2D eigenvalue weighted by atomic mass is 16.3. The SMILES string of the molecule is Cc1cccc(N2CCN(C(=O)Cn3cnc4oc(C)c(C)c4c3=O)C[C@H]2C)c1. The molecule has 152 valence electrons. The zero-order valence-corrected chi connectivity index (χ0v) is 17.3. The molecular formula is C22H26N4O3. The van der Waals surface area contributed by atoms with Gasteiger partial charge in [-0.1, -0.05) is 12.1 Å². The van der Waals surface area contributed by atoms with E-state index < -0.39 is 0 Å². The number of carbonyl (C=O) groups excluding carboxylic acids is 1. The van der Waals surface area contributed by atoms with Gasteiger partial charge >= 0.3 is 0 Å². The number of furan rings is 1. The maximum atomic E-state index is 12.9. The molecule has 7 nitrogen and oxygen atoms in total. The maximum absolute atomic E-state index is 12.9. The summed E-state index contributed by atoms with van der Waals surface area (Å²) in [6.07, 6.45) is 1.40. The van der Waals surface area contributed by atoms with Gasteiger partial charge in [-0.25, -0.2) is 4.98 Å². The van der Waals surface area contributed by atoms with Crippen molar-refractivity contribution < 1.29 is 9.21 Å². The second-order valence-corrected chi connectivity index (χ2v) is 7.86. The highest BCUT2D eigenvalue weighted by Gasteiger charge is 2.27. The molecule has 0 unspecified atom stereocenters. The van der Waals surface area contributed by atoms with Crippen molar-refractivity contribution in [1.29, 1.82) is 0 Å². The molecule has 1 saturated heterocycles. The van der Waals surface area contributed by atoms with Gasteiger partial charge in [0.25, 0.3) is 5.56 Å². The predicted octanol–water partition coefficient (Wildman–Crippen LogP) is 2.65. The molecule has 1 amide bonds. The van der Waals surface area contributed by atoms with Crippen LogP contribution in [0.1, 0.15) is 23.8 Å². The molecule has 2 aromatic heterocycles. The molecule has 0 N–H and O–H groups in total. The Hall–Kier alpha value is -3.09. The Labute approximate surface area is 169 Å². The lowest BCUT2D eigenvalue weighted by atomic mass is 10.1. The Bertz CT molecular complexity index is 1130. The highest BCUT2D eigenvalue weighted by molar-refractivity contribution is 5.79. The third-order valence-corrected chi connectivity index (χ3v) is 5.77. The standard InChI is InChI=1S/C22H26N4O3/c1-14-6-5-7-18(10-14)26-9-8-24(11-15(26)2)19(27)12-25-13-23-21-20(22(25)28)16(3)17(4)29-21/h5-7,10,13,15H,8-9,11-12H2,1-4H3/t15-/m1/s1. The molecule has 7 heteroatoms. The fraction of sp³-hybridized carbons (Fsp3) is 0.409. The van der Waals surface area contributed by atoms with Crippen LogP contribution in [-0.4, -0.2) is 46.0 Å². The normalized spacial score (nSPS) is 17.2. The lowest BCUT2D eigenvalue weighted by Crippen LogP contribution is -2.54. The van der Waals surface area contributed by atoms with Crippen LogP contribution >= 0.6 is 0 Å². The molecule has 1 aromatic carbocycles. The van der Waals surface area contributed by atoms with Gasteiger partial charge in [-0.2, -0.15) is 0 Å². The van der Waals surface area contributed by atoms with Gasteiger partial charge in [-0.3, -0.25) is 14.2 Å². The Balaban J connectivity index is 1.49. The Kier molecular flexibility index (Phi) is 4.90. The van der Waals surface area contributed by atoms with E-state index in [9.17, 15) is 9.59 Å². The van der Waals surface area contributed by atoms with Crippen LogP contribution in [0.3, 0.4) is 0 Å². The average Bonchev–Trinajstić information content (AvgIpc) is 2.98. The molecule has 3 aromatic rings. The monoisotopic (exact) mass is 394 g/mol. The van der Waals surface area contributed by atoms with Crippen molar-refractivity contribution >= 4 is 22.7 Å². The van der Waals surface area contributed by atoms with E-state index in [1.165, 1.54) is 22.1 Å². The van der Waals surface area contributed by atoms with Crippen LogP contribution in [0.2, 0.25) is 0 Å². The van der Waals surface area contributed by atoms with Crippen LogP contribution in [0.5, 0.6) is 0 Å². The highest BCUT2D eigenvalue weighted by Crippen LogP contribution is 2.22. The first kappa shape index (κ1) is 19.2. The van der Waals surface area contributed by atoms with E-state index in [0.29, 0.717) is 29.9 Å². The maximum Gasteiger partial charge on any atom is 0.265 e. The lowest BCUT2D eigenvalue weighted by molar-refractivity contribution is -0.132. The van der Waals surface area contributed by atoms with Crippen LogP contribution in [0.15, 0.2) is 39.8 Å². The van der Waals surface area contributed by atoms with Gasteiger partial charge in [0.2, 0.25) is 11.6 Å². The number of hydrogen-bond acceptors (Lipinski definition) is 5. The minimum Gasteiger partial charge on any atom is -0.443 e. The molecule has 0 spiro atoms. The van der Waals surface area contributed by atoms with E-state index in [4.69, 9.17) is 4.42 Å². The number of amides is 1. The zero-order valence-electron chi connectivity index (χ0n) is 17.3. The zero-order chi connectivity index (χ0) is 20.7. The van der Waals surface area contributed by atoms with Crippen LogP contribution in [-0.2, 0) is 11.3 Å². The molecule has 29 heavy (non-hydrogen) atoms. The van der Waals surface area contributed by atoms with E-state index in [0.717, 1.165) is 12.1 Å². The third kappa shape index (κ3) is 3.52. The average molecular weight is 394 g/mol. The quantitative estimate of drug-likeness (QED) is 0.683. The smallest absolute Gasteiger partial charge is 0.265 e. The number of fused-ring (bicyclic) bond motifs is 1. The van der Waals surface area contributed by atoms with Crippen molar-refractivity contribution in [2.45, 2.75) is 40.3 Å². The summed E-state index contributed by atoms with van der Waals surface area (Å²) in [5.74, 6) is 0.608. The van der Waals surface area contributed by atoms with Gasteiger partial charge in [0.15, 0.2) is 0 Å². The number of carbonyl (C=O) groups is 1. The molecule has 0 aliphatic carbocycles. The van der Waals surface area contributed by atoms with E-state index in [2.05, 4.69) is 48.0 Å². The van der Waals surface area contributed by atoms with Crippen molar-refractivity contribution in [2.24, 2.45) is 0 Å². The number of benzene rings is 1. The first-order chi connectivity index (χ1) is 13.8. The minimum atomic E-state index is -0.232. The van der Waals surface area contributed by atoms with E-state index >= 15 is 0 Å². The molecule has 0 bridgehead atoms. The largest absolute Gasteiger partial charge is 0.443 e. The van der Waals surface area contributed by atoms with Crippen molar-refractivity contribution in [2.75, 3.05) is 24.5 Å². The van der Waals surface area contributed by atoms with Crippen molar-refractivity contribution in [3.05, 3.63) is 57.8 Å². The number of anilines is 1. The molecular weight excluding hydrogens is 368 g/mol. The predicted molar refractivity (Wildman–Crippen MR) is 112 cm³/mol. The minimum absolute atomic E-state index is 0.0113. The number of aryl methyl sites for hydroxylation is 3. The number of rotatable bonds is 3. The van der Waals surface area contributed by atoms with Gasteiger partial charge in [0, 0.05) is 36.9 Å². The number of piperazine rings is 1. The van der Waals surface area contributed by atoms with E-state index in [1.807, 2.05) is 11.8 Å². The summed E-state index contributed by atoms with van der Waals surface area (Å²) >= 11 is 0. The lowest BCUT2D eigenvalue weighted by Gasteiger charge is -2.41. The van der Waals surface area contributed by atoms with Gasteiger partial charge < -0.3 is 14.2 Å². The summed E-state index contributed by atoms with van der Waals surface area (Å²) in [4.78, 5) is 34.1. The van der Waals surface area contributed by atoms with Crippen LogP contribution < -0.4 is 10.5 Å². The first-order valence-corrected chi connectivity index (χ1v) is 9.91. The number of nitrogens with zero attached hydrogens (tertiary/aromatic N) is 4. The Morgan fingerprint density at radius 2 is 2.03 bits per heavy atom. The van der Waals surface area contributed by atoms with Gasteiger partial charge in [0.05, 0.1) is 0 Å².